The number of carbonyl (C=O) groups excluding carboxylic acids is 1. The zero-order chi connectivity index (χ0) is 24.2. The van der Waals surface area contributed by atoms with Gasteiger partial charge in [-0.15, -0.1) is 0 Å². The maximum Gasteiger partial charge on any atom is 0.282 e. The third-order valence-electron chi connectivity index (χ3n) is 5.05. The summed E-state index contributed by atoms with van der Waals surface area (Å²) in [6, 6.07) is 11.6. The molecule has 4 aromatic rings. The minimum atomic E-state index is -0.626. The van der Waals surface area contributed by atoms with E-state index in [0.29, 0.717) is 11.2 Å². The molecule has 172 valence electrons. The van der Waals surface area contributed by atoms with Gasteiger partial charge < -0.3 is 5.32 Å². The molecule has 1 amide bonds. The first-order valence-corrected chi connectivity index (χ1v) is 10.0. The zero-order valence-electron chi connectivity index (χ0n) is 17.5. The molecule has 0 saturated heterocycles. The summed E-state index contributed by atoms with van der Waals surface area (Å²) < 4.78 is 2.76. The minimum Gasteiger partial charge on any atom is -0.350 e. The van der Waals surface area contributed by atoms with E-state index in [0.717, 1.165) is 0 Å². The minimum absolute atomic E-state index is 0.0556. The van der Waals surface area contributed by atoms with Crippen molar-refractivity contribution in [3.8, 4) is 0 Å². The second kappa shape index (κ2) is 9.28. The average Bonchev–Trinajstić information content (AvgIpc) is 3.24. The third kappa shape index (κ3) is 4.48. The number of rotatable bonds is 8. The number of hydrogen-bond donors (Lipinski definition) is 1. The van der Waals surface area contributed by atoms with Gasteiger partial charge in [-0.1, -0.05) is 24.3 Å². The van der Waals surface area contributed by atoms with Gasteiger partial charge in [0, 0.05) is 24.7 Å². The van der Waals surface area contributed by atoms with Gasteiger partial charge in [0.1, 0.15) is 17.3 Å². The maximum atomic E-state index is 12.8. The fourth-order valence-electron chi connectivity index (χ4n) is 3.43. The molecule has 13 nitrogen and oxygen atoms in total. The summed E-state index contributed by atoms with van der Waals surface area (Å²) in [5.41, 5.74) is 0.0836. The number of carbonyl (C=O) groups is 1. The normalized spacial score (nSPS) is 10.8. The van der Waals surface area contributed by atoms with Gasteiger partial charge in [0.2, 0.25) is 0 Å². The summed E-state index contributed by atoms with van der Waals surface area (Å²) in [5.74, 6) is -0.601. The van der Waals surface area contributed by atoms with E-state index in [4.69, 9.17) is 0 Å². The Balaban J connectivity index is 1.47. The Morgan fingerprint density at radius 1 is 1.06 bits per heavy atom. The summed E-state index contributed by atoms with van der Waals surface area (Å²) in [7, 11) is 0. The number of para-hydroxylation sites is 1. The van der Waals surface area contributed by atoms with Gasteiger partial charge in [0.15, 0.2) is 5.65 Å². The monoisotopic (exact) mass is 463 g/mol. The van der Waals surface area contributed by atoms with Gasteiger partial charge in [0.25, 0.3) is 22.8 Å². The van der Waals surface area contributed by atoms with E-state index >= 15 is 0 Å². The van der Waals surface area contributed by atoms with Crippen LogP contribution in [-0.4, -0.2) is 41.6 Å². The number of nitrogens with zero attached hydrogens (tertiary/aromatic N) is 6. The number of aromatic nitrogens is 4. The summed E-state index contributed by atoms with van der Waals surface area (Å²) in [6.45, 7) is 0.373. The van der Waals surface area contributed by atoms with Crippen LogP contribution in [0.25, 0.3) is 11.0 Å². The largest absolute Gasteiger partial charge is 0.350 e. The van der Waals surface area contributed by atoms with Gasteiger partial charge in [-0.3, -0.25) is 34.4 Å². The van der Waals surface area contributed by atoms with Crippen molar-refractivity contribution in [1.29, 1.82) is 0 Å². The lowest BCUT2D eigenvalue weighted by Gasteiger charge is -2.08. The summed E-state index contributed by atoms with van der Waals surface area (Å²) in [5, 5.41) is 29.1. The molecular weight excluding hydrogens is 446 g/mol. The predicted molar refractivity (Wildman–Crippen MR) is 119 cm³/mol. The molecule has 0 bridgehead atoms. The van der Waals surface area contributed by atoms with Crippen LogP contribution >= 0.6 is 0 Å². The number of fused-ring (bicyclic) bond motifs is 1. The van der Waals surface area contributed by atoms with E-state index in [-0.39, 0.29) is 47.5 Å². The second-order valence-electron chi connectivity index (χ2n) is 7.24. The highest BCUT2D eigenvalue weighted by Gasteiger charge is 2.19. The van der Waals surface area contributed by atoms with Crippen molar-refractivity contribution in [3.63, 3.8) is 0 Å². The molecule has 2 aromatic heterocycles. The lowest BCUT2D eigenvalue weighted by molar-refractivity contribution is -0.385. The molecule has 0 atom stereocenters. The second-order valence-corrected chi connectivity index (χ2v) is 7.24. The van der Waals surface area contributed by atoms with Gasteiger partial charge in [-0.05, 0) is 11.6 Å². The smallest absolute Gasteiger partial charge is 0.282 e. The molecule has 2 aromatic carbocycles. The lowest BCUT2D eigenvalue weighted by Crippen LogP contribution is -2.28. The molecule has 0 aliphatic rings. The molecule has 4 rings (SSSR count). The highest BCUT2D eigenvalue weighted by Crippen LogP contribution is 2.17. The molecule has 0 aliphatic carbocycles. The Morgan fingerprint density at radius 3 is 2.62 bits per heavy atom. The van der Waals surface area contributed by atoms with E-state index in [1.807, 2.05) is 0 Å². The van der Waals surface area contributed by atoms with E-state index in [1.54, 1.807) is 12.1 Å². The predicted octanol–water partition coefficient (Wildman–Crippen LogP) is 1.89. The summed E-state index contributed by atoms with van der Waals surface area (Å²) >= 11 is 0. The average molecular weight is 463 g/mol. The number of amides is 1. The Bertz CT molecular complexity index is 1480. The fraction of sp³-hybridized carbons (Fsp3) is 0.143. The van der Waals surface area contributed by atoms with Gasteiger partial charge in [0.05, 0.1) is 29.1 Å². The topological polar surface area (TPSA) is 168 Å². The molecule has 1 N–H and O–H groups in total. The Hall–Kier alpha value is -4.94. The first-order valence-electron chi connectivity index (χ1n) is 10.0. The van der Waals surface area contributed by atoms with Crippen molar-refractivity contribution in [1.82, 2.24) is 24.6 Å². The molecule has 2 heterocycles. The molecule has 0 fully saturated rings. The van der Waals surface area contributed by atoms with Crippen LogP contribution in [0, 0.1) is 20.2 Å². The molecular formula is C21H17N7O6. The maximum absolute atomic E-state index is 12.8. The van der Waals surface area contributed by atoms with Crippen LogP contribution in [0.15, 0.2) is 65.8 Å². The van der Waals surface area contributed by atoms with Crippen molar-refractivity contribution >= 4 is 28.3 Å². The van der Waals surface area contributed by atoms with Crippen LogP contribution in [0.5, 0.6) is 0 Å². The molecule has 13 heteroatoms. The molecule has 34 heavy (non-hydrogen) atoms. The number of nitro benzene ring substituents is 2. The molecule has 0 spiro atoms. The van der Waals surface area contributed by atoms with E-state index in [1.165, 1.54) is 58.2 Å². The molecule has 0 saturated carbocycles. The van der Waals surface area contributed by atoms with Crippen molar-refractivity contribution < 1.29 is 14.6 Å². The summed E-state index contributed by atoms with van der Waals surface area (Å²) in [6.07, 6.45) is 2.69. The number of non-ortho nitro benzene ring substituents is 1. The molecule has 0 unspecified atom stereocenters. The van der Waals surface area contributed by atoms with E-state index < -0.39 is 15.8 Å². The number of nitro groups is 2. The first kappa shape index (κ1) is 22.3. The number of hydrogen-bond acceptors (Lipinski definition) is 8. The van der Waals surface area contributed by atoms with Gasteiger partial charge in [-0.25, -0.2) is 9.67 Å². The van der Waals surface area contributed by atoms with E-state index in [2.05, 4.69) is 15.4 Å². The SMILES string of the molecule is O=C(NCCn1ncc2c(=O)n(Cc3cccc([N+](=O)[O-])c3)cnc21)c1ccccc1[N+](=O)[O-]. The molecule has 0 aliphatic heterocycles. The van der Waals surface area contributed by atoms with Crippen LogP contribution in [-0.2, 0) is 13.1 Å². The third-order valence-corrected chi connectivity index (χ3v) is 5.05. The van der Waals surface area contributed by atoms with Crippen LogP contribution in [0.3, 0.4) is 0 Å². The van der Waals surface area contributed by atoms with E-state index in [9.17, 15) is 29.8 Å². The van der Waals surface area contributed by atoms with Crippen molar-refractivity contribution in [2.45, 2.75) is 13.1 Å². The highest BCUT2D eigenvalue weighted by molar-refractivity contribution is 5.98. The Kier molecular flexibility index (Phi) is 6.07. The quantitative estimate of drug-likeness (QED) is 0.305. The lowest BCUT2D eigenvalue weighted by atomic mass is 10.1. The van der Waals surface area contributed by atoms with Crippen LogP contribution < -0.4 is 10.9 Å². The van der Waals surface area contributed by atoms with Crippen LogP contribution in [0.2, 0.25) is 0 Å². The van der Waals surface area contributed by atoms with Crippen molar-refractivity contribution in [2.75, 3.05) is 6.54 Å². The number of nitrogens with one attached hydrogen (secondary N) is 1. The standard InChI is InChI=1S/C21H17N7O6/c29-20(16-6-1-2-7-18(16)28(33)34)22-8-9-26-19-17(11-24-26)21(30)25(13-23-19)12-14-4-3-5-15(10-14)27(31)32/h1-7,10-11,13H,8-9,12H2,(H,22,29). The zero-order valence-corrected chi connectivity index (χ0v) is 17.5. The first-order chi connectivity index (χ1) is 16.3. The van der Waals surface area contributed by atoms with Gasteiger partial charge >= 0.3 is 0 Å². The highest BCUT2D eigenvalue weighted by atomic mass is 16.6. The van der Waals surface area contributed by atoms with Gasteiger partial charge in [-0.2, -0.15) is 5.10 Å². The molecule has 0 radical (unpaired) electrons. The van der Waals surface area contributed by atoms with Crippen LogP contribution in [0.4, 0.5) is 11.4 Å². The van der Waals surface area contributed by atoms with Crippen LogP contribution in [0.1, 0.15) is 15.9 Å². The van der Waals surface area contributed by atoms with Crippen molar-refractivity contribution in [2.24, 2.45) is 0 Å². The van der Waals surface area contributed by atoms with Crippen molar-refractivity contribution in [3.05, 3.63) is 103 Å². The fourth-order valence-corrected chi connectivity index (χ4v) is 3.43. The Morgan fingerprint density at radius 2 is 1.85 bits per heavy atom. The Labute approximate surface area is 190 Å². The summed E-state index contributed by atoms with van der Waals surface area (Å²) in [4.78, 5) is 50.4. The number of benzene rings is 2.